The summed E-state index contributed by atoms with van der Waals surface area (Å²) in [7, 11) is 0. The van der Waals surface area contributed by atoms with Crippen molar-refractivity contribution >= 4 is 11.8 Å². The highest BCUT2D eigenvalue weighted by Crippen LogP contribution is 2.41. The molecule has 2 aromatic rings. The third-order valence-electron chi connectivity index (χ3n) is 8.03. The fourth-order valence-electron chi connectivity index (χ4n) is 5.79. The number of aromatic nitrogens is 3. The minimum atomic E-state index is -0.668. The predicted octanol–water partition coefficient (Wildman–Crippen LogP) is 5.48. The van der Waals surface area contributed by atoms with E-state index in [0.29, 0.717) is 11.8 Å². The van der Waals surface area contributed by atoms with Crippen LogP contribution in [0.2, 0.25) is 0 Å². The first-order chi connectivity index (χ1) is 17.2. The number of Topliss-reactive ketones (excluding diaryl/α,β-unsaturated/α-hetero) is 1. The number of pyridine rings is 1. The van der Waals surface area contributed by atoms with Gasteiger partial charge >= 0.3 is 5.97 Å². The lowest BCUT2D eigenvalue weighted by molar-refractivity contribution is -0.153. The van der Waals surface area contributed by atoms with E-state index >= 15 is 0 Å². The number of hydrogen-bond acceptors (Lipinski definition) is 7. The summed E-state index contributed by atoms with van der Waals surface area (Å²) in [6.45, 7) is 10.9. The number of carbonyl (C=O) groups is 2. The van der Waals surface area contributed by atoms with Crippen molar-refractivity contribution in [1.29, 1.82) is 0 Å². The van der Waals surface area contributed by atoms with Gasteiger partial charge in [-0.2, -0.15) is 0 Å². The quantitative estimate of drug-likeness (QED) is 0.472. The van der Waals surface area contributed by atoms with Crippen LogP contribution in [0.1, 0.15) is 93.9 Å². The van der Waals surface area contributed by atoms with Crippen LogP contribution in [0.3, 0.4) is 0 Å². The minimum Gasteiger partial charge on any atom is -0.455 e. The number of carbonyl (C=O) groups excluding carboxylic acids is 2. The Hall–Kier alpha value is -2.67. The first-order valence-corrected chi connectivity index (χ1v) is 13.3. The van der Waals surface area contributed by atoms with Crippen molar-refractivity contribution in [2.45, 2.75) is 91.1 Å². The average molecular weight is 494 g/mol. The van der Waals surface area contributed by atoms with E-state index < -0.39 is 12.1 Å². The zero-order valence-corrected chi connectivity index (χ0v) is 22.3. The van der Waals surface area contributed by atoms with E-state index in [0.717, 1.165) is 85.8 Å². The highest BCUT2D eigenvalue weighted by atomic mass is 16.5. The standard InChI is InChI=1S/C29H39N3O4/c1-17-6-7-25(16-30-17)27-19(3)26(31-29(32-27)24-12-14-35-15-13-24)18(2)22-8-10-23(11-9-22)28(34)20(4)36-21(5)33/h6-7,16,18,20,22-24H,8-15H2,1-5H3/t18?,20-,22?,23?/m0/s1. The van der Waals surface area contributed by atoms with Crippen LogP contribution < -0.4 is 0 Å². The van der Waals surface area contributed by atoms with Gasteiger partial charge < -0.3 is 9.47 Å². The molecule has 0 bridgehead atoms. The summed E-state index contributed by atoms with van der Waals surface area (Å²) in [6.07, 6.45) is 6.69. The Balaban J connectivity index is 1.57. The maximum atomic E-state index is 12.8. The molecule has 0 radical (unpaired) electrons. The number of ketones is 1. The number of esters is 1. The van der Waals surface area contributed by atoms with E-state index in [1.54, 1.807) is 6.92 Å². The van der Waals surface area contributed by atoms with Crippen LogP contribution in [0.5, 0.6) is 0 Å². The van der Waals surface area contributed by atoms with Crippen molar-refractivity contribution in [3.05, 3.63) is 41.1 Å². The van der Waals surface area contributed by atoms with Crippen LogP contribution in [0, 0.1) is 25.7 Å². The molecule has 0 N–H and O–H groups in total. The molecule has 7 nitrogen and oxygen atoms in total. The molecule has 36 heavy (non-hydrogen) atoms. The second-order valence-electron chi connectivity index (χ2n) is 10.6. The van der Waals surface area contributed by atoms with E-state index in [2.05, 4.69) is 24.9 Å². The van der Waals surface area contributed by atoms with Crippen LogP contribution >= 0.6 is 0 Å². The molecule has 1 aliphatic carbocycles. The number of hydrogen-bond donors (Lipinski definition) is 0. The molecule has 1 saturated carbocycles. The van der Waals surface area contributed by atoms with Gasteiger partial charge in [-0.3, -0.25) is 14.6 Å². The monoisotopic (exact) mass is 493 g/mol. The Morgan fingerprint density at radius 3 is 2.31 bits per heavy atom. The number of aryl methyl sites for hydroxylation is 1. The first kappa shape index (κ1) is 26.4. The molecule has 1 saturated heterocycles. The average Bonchev–Trinajstić information content (AvgIpc) is 2.89. The summed E-state index contributed by atoms with van der Waals surface area (Å²) in [5, 5.41) is 0. The molecule has 2 atom stereocenters. The second kappa shape index (κ2) is 11.6. The van der Waals surface area contributed by atoms with Crippen molar-refractivity contribution < 1.29 is 19.1 Å². The third-order valence-corrected chi connectivity index (χ3v) is 8.03. The Morgan fingerprint density at radius 1 is 1.00 bits per heavy atom. The fraction of sp³-hybridized carbons (Fsp3) is 0.621. The summed E-state index contributed by atoms with van der Waals surface area (Å²) in [6, 6.07) is 4.13. The number of rotatable bonds is 7. The lowest BCUT2D eigenvalue weighted by Crippen LogP contribution is -2.33. The van der Waals surface area contributed by atoms with Crippen molar-refractivity contribution in [1.82, 2.24) is 15.0 Å². The van der Waals surface area contributed by atoms with Crippen LogP contribution in [-0.2, 0) is 19.1 Å². The largest absolute Gasteiger partial charge is 0.455 e. The van der Waals surface area contributed by atoms with Gasteiger partial charge in [-0.05, 0) is 82.9 Å². The highest BCUT2D eigenvalue weighted by Gasteiger charge is 2.34. The molecule has 1 unspecified atom stereocenters. The van der Waals surface area contributed by atoms with Crippen LogP contribution in [0.4, 0.5) is 0 Å². The number of ether oxygens (including phenoxy) is 2. The van der Waals surface area contributed by atoms with Gasteiger partial charge in [0.2, 0.25) is 0 Å². The van der Waals surface area contributed by atoms with Gasteiger partial charge in [-0.15, -0.1) is 0 Å². The van der Waals surface area contributed by atoms with Crippen LogP contribution in [0.15, 0.2) is 18.3 Å². The third kappa shape index (κ3) is 6.00. The predicted molar refractivity (Wildman–Crippen MR) is 138 cm³/mol. The Bertz CT molecular complexity index is 1070. The van der Waals surface area contributed by atoms with Gasteiger partial charge in [0.05, 0.1) is 11.4 Å². The molecule has 2 fully saturated rings. The van der Waals surface area contributed by atoms with E-state index in [-0.39, 0.29) is 17.6 Å². The Kier molecular flexibility index (Phi) is 8.50. The normalized spacial score (nSPS) is 22.6. The molecule has 2 aromatic heterocycles. The topological polar surface area (TPSA) is 91.3 Å². The van der Waals surface area contributed by atoms with Gasteiger partial charge in [-0.1, -0.05) is 6.92 Å². The minimum absolute atomic E-state index is 0.0405. The van der Waals surface area contributed by atoms with Gasteiger partial charge in [0.15, 0.2) is 11.9 Å². The van der Waals surface area contributed by atoms with Crippen molar-refractivity contribution in [2.24, 2.45) is 11.8 Å². The molecule has 3 heterocycles. The summed E-state index contributed by atoms with van der Waals surface area (Å²) in [5.41, 5.74) is 5.21. The summed E-state index contributed by atoms with van der Waals surface area (Å²) >= 11 is 0. The maximum absolute atomic E-state index is 12.8. The molecule has 0 aromatic carbocycles. The second-order valence-corrected chi connectivity index (χ2v) is 10.6. The van der Waals surface area contributed by atoms with Crippen LogP contribution in [-0.4, -0.2) is 46.0 Å². The lowest BCUT2D eigenvalue weighted by Gasteiger charge is -2.33. The van der Waals surface area contributed by atoms with Gasteiger partial charge in [0, 0.05) is 55.3 Å². The first-order valence-electron chi connectivity index (χ1n) is 13.3. The molecule has 0 spiro atoms. The molecule has 2 aliphatic rings. The SMILES string of the molecule is CC(=O)O[C@@H](C)C(=O)C1CCC(C(C)c2nc(C3CCOCC3)nc(-c3ccc(C)nc3)c2C)CC1. The molecular formula is C29H39N3O4. The van der Waals surface area contributed by atoms with Gasteiger partial charge in [-0.25, -0.2) is 9.97 Å². The summed E-state index contributed by atoms with van der Waals surface area (Å²) in [5.74, 6) is 1.52. The van der Waals surface area contributed by atoms with Crippen molar-refractivity contribution in [3.8, 4) is 11.3 Å². The molecule has 1 aliphatic heterocycles. The summed E-state index contributed by atoms with van der Waals surface area (Å²) in [4.78, 5) is 38.8. The van der Waals surface area contributed by atoms with Gasteiger partial charge in [0.1, 0.15) is 5.82 Å². The van der Waals surface area contributed by atoms with E-state index in [4.69, 9.17) is 19.4 Å². The van der Waals surface area contributed by atoms with Crippen LogP contribution in [0.25, 0.3) is 11.3 Å². The van der Waals surface area contributed by atoms with E-state index in [1.165, 1.54) is 6.92 Å². The van der Waals surface area contributed by atoms with Crippen molar-refractivity contribution in [2.75, 3.05) is 13.2 Å². The molecule has 4 rings (SSSR count). The van der Waals surface area contributed by atoms with Gasteiger partial charge in [0.25, 0.3) is 0 Å². The highest BCUT2D eigenvalue weighted by molar-refractivity contribution is 5.87. The molecule has 0 amide bonds. The number of nitrogens with zero attached hydrogens (tertiary/aromatic N) is 3. The van der Waals surface area contributed by atoms with E-state index in [1.807, 2.05) is 19.2 Å². The molecule has 194 valence electrons. The van der Waals surface area contributed by atoms with E-state index in [9.17, 15) is 9.59 Å². The zero-order chi connectivity index (χ0) is 25.8. The zero-order valence-electron chi connectivity index (χ0n) is 22.3. The Labute approximate surface area is 214 Å². The molecular weight excluding hydrogens is 454 g/mol. The Morgan fingerprint density at radius 2 is 1.69 bits per heavy atom. The fourth-order valence-corrected chi connectivity index (χ4v) is 5.79. The smallest absolute Gasteiger partial charge is 0.303 e. The van der Waals surface area contributed by atoms with Crippen molar-refractivity contribution in [3.63, 3.8) is 0 Å². The molecule has 7 heteroatoms. The lowest BCUT2D eigenvalue weighted by atomic mass is 9.73. The summed E-state index contributed by atoms with van der Waals surface area (Å²) < 4.78 is 10.7. The maximum Gasteiger partial charge on any atom is 0.303 e.